The van der Waals surface area contributed by atoms with Gasteiger partial charge < -0.3 is 9.53 Å². The van der Waals surface area contributed by atoms with Crippen molar-refractivity contribution >= 4 is 41.1 Å². The van der Waals surface area contributed by atoms with Crippen LogP contribution in [0.25, 0.3) is 0 Å². The summed E-state index contributed by atoms with van der Waals surface area (Å²) in [5, 5.41) is 0.765. The fraction of sp³-hybridized carbons (Fsp3) is 0.222. The number of hydrogen-bond acceptors (Lipinski definition) is 3. The maximum atomic E-state index is 12.6. The third-order valence-corrected chi connectivity index (χ3v) is 4.74. The molecule has 1 aliphatic heterocycles. The van der Waals surface area contributed by atoms with Crippen LogP contribution in [-0.2, 0) is 9.59 Å². The Morgan fingerprint density at radius 2 is 1.92 bits per heavy atom. The summed E-state index contributed by atoms with van der Waals surface area (Å²) in [5.74, 6) is 0.0543. The van der Waals surface area contributed by atoms with Crippen LogP contribution in [0.4, 0.5) is 5.69 Å². The average molecular weight is 364 g/mol. The second-order valence-electron chi connectivity index (χ2n) is 5.67. The predicted octanol–water partition coefficient (Wildman–Crippen LogP) is 3.97. The molecule has 0 aromatic heterocycles. The molecule has 0 unspecified atom stereocenters. The van der Waals surface area contributed by atoms with Crippen LogP contribution in [0.1, 0.15) is 11.1 Å². The molecule has 6 heteroatoms. The number of halogens is 2. The van der Waals surface area contributed by atoms with Gasteiger partial charge in [0.1, 0.15) is 18.1 Å². The molecule has 24 heavy (non-hydrogen) atoms. The maximum Gasteiger partial charge on any atom is 0.271 e. The third kappa shape index (κ3) is 2.76. The normalized spacial score (nSPS) is 19.8. The Morgan fingerprint density at radius 3 is 2.58 bits per heavy atom. The first-order valence-corrected chi connectivity index (χ1v) is 8.16. The first-order chi connectivity index (χ1) is 11.4. The maximum absolute atomic E-state index is 12.6. The highest BCUT2D eigenvalue weighted by molar-refractivity contribution is 6.35. The summed E-state index contributed by atoms with van der Waals surface area (Å²) in [6.45, 7) is 3.88. The number of carbonyl (C=O) groups excluding carboxylic acids is 2. The molecule has 1 heterocycles. The molecule has 124 valence electrons. The summed E-state index contributed by atoms with van der Waals surface area (Å²) >= 11 is 11.9. The van der Waals surface area contributed by atoms with E-state index in [1.54, 1.807) is 12.1 Å². The van der Waals surface area contributed by atoms with E-state index in [0.717, 1.165) is 23.1 Å². The number of β-lactam (4-membered cyclic amide) rings is 1. The lowest BCUT2D eigenvalue weighted by Crippen LogP contribution is -2.68. The number of amides is 1. The van der Waals surface area contributed by atoms with E-state index >= 15 is 0 Å². The molecule has 2 aromatic carbocycles. The van der Waals surface area contributed by atoms with Crippen molar-refractivity contribution in [2.24, 2.45) is 0 Å². The molecular formula is C18H15Cl2NO3. The molecule has 0 spiro atoms. The van der Waals surface area contributed by atoms with Gasteiger partial charge in [0.05, 0.1) is 5.02 Å². The van der Waals surface area contributed by atoms with E-state index in [9.17, 15) is 9.59 Å². The number of nitrogens with zero attached hydrogens (tertiary/aromatic N) is 1. The molecule has 0 bridgehead atoms. The summed E-state index contributed by atoms with van der Waals surface area (Å²) < 4.78 is 5.66. The number of ether oxygens (including phenoxy) is 1. The second-order valence-corrected chi connectivity index (χ2v) is 6.51. The Kier molecular flexibility index (Phi) is 4.52. The van der Waals surface area contributed by atoms with Gasteiger partial charge in [0, 0.05) is 10.7 Å². The van der Waals surface area contributed by atoms with E-state index in [1.807, 2.05) is 32.0 Å². The van der Waals surface area contributed by atoms with Crippen LogP contribution in [0.5, 0.6) is 5.75 Å². The Bertz CT molecular complexity index is 822. The number of carbonyl (C=O) groups is 2. The minimum Gasteiger partial charge on any atom is -0.476 e. The minimum absolute atomic E-state index is 0.271. The van der Waals surface area contributed by atoms with Crippen LogP contribution in [0.15, 0.2) is 36.4 Å². The van der Waals surface area contributed by atoms with Gasteiger partial charge in [0.15, 0.2) is 0 Å². The molecule has 1 saturated heterocycles. The van der Waals surface area contributed by atoms with Crippen molar-refractivity contribution in [1.29, 1.82) is 0 Å². The quantitative estimate of drug-likeness (QED) is 0.609. The first kappa shape index (κ1) is 16.8. The standard InChI is InChI=1S/C18H15Cl2NO3/c1-10-4-3-5-14(11(10)2)21-15(9-22)17(18(21)23)24-16-7-6-12(19)8-13(16)20/h3-9,15,17H,1-2H3/t15-,17+/m1/s1. The van der Waals surface area contributed by atoms with Gasteiger partial charge in [-0.3, -0.25) is 9.69 Å². The van der Waals surface area contributed by atoms with Crippen LogP contribution >= 0.6 is 23.2 Å². The molecule has 2 aromatic rings. The molecule has 0 radical (unpaired) electrons. The van der Waals surface area contributed by atoms with E-state index in [-0.39, 0.29) is 5.91 Å². The van der Waals surface area contributed by atoms with Crippen molar-refractivity contribution in [2.45, 2.75) is 26.0 Å². The lowest BCUT2D eigenvalue weighted by atomic mass is 9.95. The Labute approximate surface area is 149 Å². The van der Waals surface area contributed by atoms with Crippen molar-refractivity contribution in [3.63, 3.8) is 0 Å². The third-order valence-electron chi connectivity index (χ3n) is 4.21. The molecule has 1 amide bonds. The van der Waals surface area contributed by atoms with E-state index in [4.69, 9.17) is 27.9 Å². The minimum atomic E-state index is -0.888. The highest BCUT2D eigenvalue weighted by Crippen LogP contribution is 2.35. The predicted molar refractivity (Wildman–Crippen MR) is 94.1 cm³/mol. The highest BCUT2D eigenvalue weighted by atomic mass is 35.5. The number of anilines is 1. The number of aldehydes is 1. The molecule has 0 aliphatic carbocycles. The number of benzene rings is 2. The topological polar surface area (TPSA) is 46.6 Å². The largest absolute Gasteiger partial charge is 0.476 e. The van der Waals surface area contributed by atoms with Crippen molar-refractivity contribution in [1.82, 2.24) is 0 Å². The van der Waals surface area contributed by atoms with Crippen LogP contribution in [0, 0.1) is 13.8 Å². The number of hydrogen-bond donors (Lipinski definition) is 0. The van der Waals surface area contributed by atoms with Gasteiger partial charge in [0.25, 0.3) is 5.91 Å². The molecular weight excluding hydrogens is 349 g/mol. The summed E-state index contributed by atoms with van der Waals surface area (Å²) in [7, 11) is 0. The van der Waals surface area contributed by atoms with E-state index in [2.05, 4.69) is 0 Å². The molecule has 0 N–H and O–H groups in total. The van der Waals surface area contributed by atoms with Gasteiger partial charge in [-0.25, -0.2) is 0 Å². The number of aryl methyl sites for hydroxylation is 1. The van der Waals surface area contributed by atoms with Crippen molar-refractivity contribution in [3.05, 3.63) is 57.6 Å². The van der Waals surface area contributed by atoms with Gasteiger partial charge in [-0.2, -0.15) is 0 Å². The highest BCUT2D eigenvalue weighted by Gasteiger charge is 2.50. The smallest absolute Gasteiger partial charge is 0.271 e. The zero-order valence-corrected chi connectivity index (χ0v) is 14.6. The van der Waals surface area contributed by atoms with Gasteiger partial charge in [0.2, 0.25) is 6.10 Å². The monoisotopic (exact) mass is 363 g/mol. The summed E-state index contributed by atoms with van der Waals surface area (Å²) in [4.78, 5) is 25.5. The Morgan fingerprint density at radius 1 is 1.17 bits per heavy atom. The fourth-order valence-electron chi connectivity index (χ4n) is 2.72. The van der Waals surface area contributed by atoms with Gasteiger partial charge in [-0.1, -0.05) is 35.3 Å². The van der Waals surface area contributed by atoms with Crippen LogP contribution in [0.2, 0.25) is 10.0 Å². The summed E-state index contributed by atoms with van der Waals surface area (Å²) in [5.41, 5.74) is 2.73. The van der Waals surface area contributed by atoms with Crippen LogP contribution < -0.4 is 9.64 Å². The molecule has 0 saturated carbocycles. The lowest BCUT2D eigenvalue weighted by Gasteiger charge is -2.44. The summed E-state index contributed by atoms with van der Waals surface area (Å²) in [6, 6.07) is 9.68. The van der Waals surface area contributed by atoms with Gasteiger partial charge in [-0.05, 0) is 49.2 Å². The van der Waals surface area contributed by atoms with E-state index in [1.165, 1.54) is 11.0 Å². The first-order valence-electron chi connectivity index (χ1n) is 7.40. The van der Waals surface area contributed by atoms with E-state index in [0.29, 0.717) is 15.8 Å². The van der Waals surface area contributed by atoms with Gasteiger partial charge >= 0.3 is 0 Å². The Hall–Kier alpha value is -2.04. The summed E-state index contributed by atoms with van der Waals surface area (Å²) in [6.07, 6.45) is -0.168. The molecule has 4 nitrogen and oxygen atoms in total. The van der Waals surface area contributed by atoms with E-state index < -0.39 is 12.1 Å². The number of rotatable bonds is 4. The molecule has 1 fully saturated rings. The van der Waals surface area contributed by atoms with Crippen molar-refractivity contribution in [3.8, 4) is 5.75 Å². The van der Waals surface area contributed by atoms with Crippen LogP contribution in [-0.4, -0.2) is 24.3 Å². The Balaban J connectivity index is 1.87. The fourth-order valence-corrected chi connectivity index (χ4v) is 3.17. The lowest BCUT2D eigenvalue weighted by molar-refractivity contribution is -0.138. The SMILES string of the molecule is Cc1cccc(N2C(=O)[C@@H](Oc3ccc(Cl)cc3Cl)[C@H]2C=O)c1C. The molecule has 1 aliphatic rings. The van der Waals surface area contributed by atoms with Crippen molar-refractivity contribution < 1.29 is 14.3 Å². The zero-order valence-electron chi connectivity index (χ0n) is 13.1. The molecule has 2 atom stereocenters. The molecule has 3 rings (SSSR count). The second kappa shape index (κ2) is 6.46. The van der Waals surface area contributed by atoms with Crippen molar-refractivity contribution in [2.75, 3.05) is 4.90 Å². The zero-order chi connectivity index (χ0) is 17.4. The van der Waals surface area contributed by atoms with Gasteiger partial charge in [-0.15, -0.1) is 0 Å². The average Bonchev–Trinajstić information content (AvgIpc) is 2.55. The van der Waals surface area contributed by atoms with Crippen LogP contribution in [0.3, 0.4) is 0 Å².